The van der Waals surface area contributed by atoms with Crippen molar-refractivity contribution in [3.63, 3.8) is 0 Å². The highest BCUT2D eigenvalue weighted by atomic mass is 32.2. The SMILES string of the molecule is C.CCSc1ncc(C(=O)N(C)OC)c(N)n1.CCSc1ncc(C(=O)c2c(OC)cc(F)c(F)c2F)c(N)n1.COc1cc(F)c(F)c(F)c1. The summed E-state index contributed by atoms with van der Waals surface area (Å²) in [5.74, 6) is -9.19. The Kier molecular flexibility index (Phi) is 18.0. The minimum absolute atomic E-state index is 0. The van der Waals surface area contributed by atoms with Crippen LogP contribution in [0.15, 0.2) is 40.9 Å². The van der Waals surface area contributed by atoms with Crippen LogP contribution in [-0.2, 0) is 4.84 Å². The lowest BCUT2D eigenvalue weighted by molar-refractivity contribution is -0.0756. The maximum Gasteiger partial charge on any atom is 0.282 e. The highest BCUT2D eigenvalue weighted by Gasteiger charge is 2.27. The number of halogens is 6. The van der Waals surface area contributed by atoms with Gasteiger partial charge in [-0.1, -0.05) is 44.8 Å². The molecule has 278 valence electrons. The van der Waals surface area contributed by atoms with Crippen LogP contribution in [0.5, 0.6) is 11.5 Å². The van der Waals surface area contributed by atoms with Crippen LogP contribution in [0.25, 0.3) is 0 Å². The molecule has 0 saturated carbocycles. The molecular weight excluding hydrogens is 729 g/mol. The van der Waals surface area contributed by atoms with Gasteiger partial charge in [-0.2, -0.15) is 0 Å². The Labute approximate surface area is 298 Å². The van der Waals surface area contributed by atoms with Gasteiger partial charge in [-0.25, -0.2) is 51.3 Å². The van der Waals surface area contributed by atoms with Crippen molar-refractivity contribution in [3.05, 3.63) is 82.2 Å². The molecule has 0 fully saturated rings. The Morgan fingerprint density at radius 3 is 1.63 bits per heavy atom. The van der Waals surface area contributed by atoms with Crippen LogP contribution in [0.2, 0.25) is 0 Å². The van der Waals surface area contributed by atoms with E-state index in [0.717, 1.165) is 36.3 Å². The molecule has 0 aliphatic heterocycles. The fourth-order valence-corrected chi connectivity index (χ4v) is 4.57. The van der Waals surface area contributed by atoms with Crippen LogP contribution >= 0.6 is 23.5 Å². The highest BCUT2D eigenvalue weighted by molar-refractivity contribution is 7.99. The number of nitrogen functional groups attached to an aromatic ring is 2. The van der Waals surface area contributed by atoms with Crippen molar-refractivity contribution in [1.82, 2.24) is 25.0 Å². The van der Waals surface area contributed by atoms with Crippen molar-refractivity contribution in [2.45, 2.75) is 31.6 Å². The molecule has 2 aromatic heterocycles. The Bertz CT molecular complexity index is 1800. The number of amides is 1. The third kappa shape index (κ3) is 11.6. The molecule has 4 aromatic rings. The summed E-state index contributed by atoms with van der Waals surface area (Å²) in [6.07, 6.45) is 2.53. The maximum absolute atomic E-state index is 14.0. The number of thioether (sulfide) groups is 2. The number of nitrogens with zero attached hydrogens (tertiary/aromatic N) is 5. The topological polar surface area (TPSA) is 169 Å². The Hall–Kier alpha value is -4.82. The summed E-state index contributed by atoms with van der Waals surface area (Å²) in [5.41, 5.74) is 10.6. The molecule has 51 heavy (non-hydrogen) atoms. The molecule has 2 heterocycles. The summed E-state index contributed by atoms with van der Waals surface area (Å²) in [7, 11) is 5.24. The van der Waals surface area contributed by atoms with Gasteiger partial charge in [0.2, 0.25) is 5.78 Å². The van der Waals surface area contributed by atoms with Crippen LogP contribution in [0.1, 0.15) is 47.6 Å². The van der Waals surface area contributed by atoms with Gasteiger partial charge in [0.25, 0.3) is 5.91 Å². The zero-order valence-corrected chi connectivity index (χ0v) is 29.0. The summed E-state index contributed by atoms with van der Waals surface area (Å²) in [6.45, 7) is 3.87. The molecular formula is C31H35F6N7O5S2. The van der Waals surface area contributed by atoms with Crippen molar-refractivity contribution in [1.29, 1.82) is 0 Å². The van der Waals surface area contributed by atoms with Gasteiger partial charge >= 0.3 is 0 Å². The summed E-state index contributed by atoms with van der Waals surface area (Å²) < 4.78 is 86.8. The monoisotopic (exact) mass is 763 g/mol. The number of aromatic nitrogens is 4. The van der Waals surface area contributed by atoms with Crippen molar-refractivity contribution in [3.8, 4) is 11.5 Å². The lowest BCUT2D eigenvalue weighted by Crippen LogP contribution is -2.26. The smallest absolute Gasteiger partial charge is 0.282 e. The van der Waals surface area contributed by atoms with E-state index in [-0.39, 0.29) is 41.8 Å². The quantitative estimate of drug-likeness (QED) is 0.0456. The first-order valence-electron chi connectivity index (χ1n) is 13.9. The number of anilines is 2. The Morgan fingerprint density at radius 1 is 0.745 bits per heavy atom. The first-order valence-corrected chi connectivity index (χ1v) is 15.9. The van der Waals surface area contributed by atoms with Crippen LogP contribution in [0, 0.1) is 34.9 Å². The molecule has 0 unspecified atom stereocenters. The lowest BCUT2D eigenvalue weighted by atomic mass is 10.0. The van der Waals surface area contributed by atoms with Gasteiger partial charge < -0.3 is 20.9 Å². The van der Waals surface area contributed by atoms with Gasteiger partial charge in [0.05, 0.1) is 26.9 Å². The summed E-state index contributed by atoms with van der Waals surface area (Å²) >= 11 is 2.76. The van der Waals surface area contributed by atoms with Crippen LogP contribution in [0.4, 0.5) is 38.0 Å². The van der Waals surface area contributed by atoms with Crippen molar-refractivity contribution in [2.24, 2.45) is 0 Å². The number of carbonyl (C=O) groups is 2. The molecule has 0 radical (unpaired) electrons. The molecule has 4 N–H and O–H groups in total. The van der Waals surface area contributed by atoms with Crippen LogP contribution in [-0.4, -0.2) is 76.6 Å². The fourth-order valence-electron chi connectivity index (χ4n) is 3.48. The molecule has 0 spiro atoms. The molecule has 2 aromatic carbocycles. The number of hydrogen-bond acceptors (Lipinski definition) is 13. The number of ether oxygens (including phenoxy) is 2. The first-order chi connectivity index (χ1) is 23.6. The zero-order valence-electron chi connectivity index (χ0n) is 27.3. The van der Waals surface area contributed by atoms with Gasteiger partial charge in [-0.15, -0.1) is 0 Å². The second kappa shape index (κ2) is 20.8. The van der Waals surface area contributed by atoms with Gasteiger partial charge in [0.1, 0.15) is 34.3 Å². The second-order valence-electron chi connectivity index (χ2n) is 9.05. The average molecular weight is 764 g/mol. The molecule has 1 amide bonds. The minimum Gasteiger partial charge on any atom is -0.497 e. The van der Waals surface area contributed by atoms with E-state index in [4.69, 9.17) is 21.0 Å². The summed E-state index contributed by atoms with van der Waals surface area (Å²) in [6, 6.07) is 2.14. The number of hydroxylamine groups is 2. The summed E-state index contributed by atoms with van der Waals surface area (Å²) in [4.78, 5) is 44.8. The standard InChI is InChI=1S/C14H12F3N3O2S.C9H14N4O2S.C7H5F3O.CH4/c1-3-23-14-19-5-6(13(18)20-14)12(21)9-8(22-2)4-7(15)10(16)11(9)17;1-4-16-9-11-5-6(7(10)12-9)8(14)13(2)15-3;1-11-4-2-5(8)7(10)6(9)3-4;/h4-5H,3H2,1-2H3,(H2,18,19,20);5H,4H2,1-3H3,(H2,10,11,12);2-3H,1H3;1H4. The predicted octanol–water partition coefficient (Wildman–Crippen LogP) is 6.38. The lowest BCUT2D eigenvalue weighted by Gasteiger charge is -2.14. The van der Waals surface area contributed by atoms with E-state index in [1.54, 1.807) is 0 Å². The second-order valence-corrected chi connectivity index (χ2v) is 11.5. The minimum atomic E-state index is -1.77. The van der Waals surface area contributed by atoms with Gasteiger partial charge in [-0.3, -0.25) is 14.4 Å². The zero-order chi connectivity index (χ0) is 37.7. The molecule has 0 atom stereocenters. The van der Waals surface area contributed by atoms with E-state index >= 15 is 0 Å². The molecule has 0 aliphatic rings. The third-order valence-electron chi connectivity index (χ3n) is 5.94. The average Bonchev–Trinajstić information content (AvgIpc) is 3.09. The van der Waals surface area contributed by atoms with E-state index in [0.29, 0.717) is 22.1 Å². The molecule has 0 saturated heterocycles. The number of methoxy groups -OCH3 is 2. The Morgan fingerprint density at radius 2 is 1.22 bits per heavy atom. The van der Waals surface area contributed by atoms with E-state index in [1.165, 1.54) is 51.0 Å². The normalized spacial score (nSPS) is 10.1. The molecule has 0 bridgehead atoms. The van der Waals surface area contributed by atoms with Crippen molar-refractivity contribution >= 4 is 46.8 Å². The molecule has 4 rings (SSSR count). The van der Waals surface area contributed by atoms with Crippen molar-refractivity contribution < 1.29 is 50.2 Å². The number of ketones is 1. The Balaban J connectivity index is 0.000000405. The number of nitrogens with two attached hydrogens (primary N) is 2. The number of rotatable bonds is 10. The maximum atomic E-state index is 14.0. The van der Waals surface area contributed by atoms with Crippen LogP contribution in [0.3, 0.4) is 0 Å². The van der Waals surface area contributed by atoms with Gasteiger partial charge in [0, 0.05) is 37.6 Å². The van der Waals surface area contributed by atoms with Crippen molar-refractivity contribution in [2.75, 3.05) is 51.4 Å². The van der Waals surface area contributed by atoms with Gasteiger partial charge in [-0.05, 0) is 11.5 Å². The highest BCUT2D eigenvalue weighted by Crippen LogP contribution is 2.30. The molecule has 12 nitrogen and oxygen atoms in total. The van der Waals surface area contributed by atoms with E-state index in [2.05, 4.69) is 24.7 Å². The van der Waals surface area contributed by atoms with E-state index in [9.17, 15) is 35.9 Å². The summed E-state index contributed by atoms with van der Waals surface area (Å²) in [5, 5.41) is 1.98. The van der Waals surface area contributed by atoms with E-state index < -0.39 is 52.0 Å². The largest absolute Gasteiger partial charge is 0.497 e. The number of hydrogen-bond donors (Lipinski definition) is 2. The number of carbonyl (C=O) groups excluding carboxylic acids is 2. The molecule has 0 aliphatic carbocycles. The fraction of sp³-hybridized carbons (Fsp3) is 0.290. The molecule has 20 heteroatoms. The number of benzene rings is 2. The first kappa shape index (κ1) is 44.2. The van der Waals surface area contributed by atoms with Crippen LogP contribution < -0.4 is 20.9 Å². The van der Waals surface area contributed by atoms with E-state index in [1.807, 2.05) is 13.8 Å². The van der Waals surface area contributed by atoms with Gasteiger partial charge in [0.15, 0.2) is 45.2 Å². The third-order valence-corrected chi connectivity index (χ3v) is 7.43. The predicted molar refractivity (Wildman–Crippen MR) is 181 cm³/mol.